The third kappa shape index (κ3) is 5.34. The number of nitrogens with one attached hydrogen (secondary N) is 1. The normalized spacial score (nSPS) is 39.9. The summed E-state index contributed by atoms with van der Waals surface area (Å²) in [6, 6.07) is 6.75. The van der Waals surface area contributed by atoms with Crippen molar-refractivity contribution >= 4 is 37.5 Å². The van der Waals surface area contributed by atoms with Gasteiger partial charge in [0.15, 0.2) is 0 Å². The molecular weight excluding hydrogens is 583 g/mol. The molecule has 2 aromatic rings. The summed E-state index contributed by atoms with van der Waals surface area (Å²) in [5.41, 5.74) is 0.315. The Morgan fingerprint density at radius 1 is 1.07 bits per heavy atom. The number of ether oxygens (including phenoxy) is 1. The second kappa shape index (κ2) is 11.6. The van der Waals surface area contributed by atoms with Crippen LogP contribution in [0.2, 0.25) is 0 Å². The highest BCUT2D eigenvalue weighted by Gasteiger charge is 2.64. The predicted octanol–water partition coefficient (Wildman–Crippen LogP) is 6.97. The fraction of sp³-hybridized carbons (Fsp3) is 0.735. The molecule has 4 aliphatic carbocycles. The Morgan fingerprint density at radius 3 is 2.58 bits per heavy atom. The van der Waals surface area contributed by atoms with Crippen LogP contribution in [0.1, 0.15) is 85.5 Å². The number of aliphatic hydroxyl groups is 2. The summed E-state index contributed by atoms with van der Waals surface area (Å²) in [6.07, 6.45) is 7.42. The molecule has 0 unspecified atom stereocenters. The molecule has 1 amide bonds. The molecule has 0 saturated heterocycles. The van der Waals surface area contributed by atoms with Crippen molar-refractivity contribution in [2.45, 2.75) is 103 Å². The molecule has 4 aliphatic rings. The Hall–Kier alpha value is -1.68. The molecule has 1 aromatic heterocycles. The molecule has 0 aliphatic heterocycles. The van der Waals surface area contributed by atoms with Gasteiger partial charge in [-0.3, -0.25) is 0 Å². The van der Waals surface area contributed by atoms with Gasteiger partial charge in [0.05, 0.1) is 23.7 Å². The zero-order chi connectivity index (χ0) is 30.7. The molecule has 0 spiro atoms. The molecule has 4 saturated carbocycles. The molecule has 238 valence electrons. The largest absolute Gasteiger partial charge is 0.449 e. The first-order valence-corrected chi connectivity index (χ1v) is 18.8. The van der Waals surface area contributed by atoms with Crippen LogP contribution >= 0.6 is 11.3 Å². The highest BCUT2D eigenvalue weighted by atomic mass is 32.2. The number of carbonyl (C=O) groups excluding carboxylic acids is 1. The van der Waals surface area contributed by atoms with Crippen molar-refractivity contribution in [3.63, 3.8) is 0 Å². The quantitative estimate of drug-likeness (QED) is 0.304. The predicted molar refractivity (Wildman–Crippen MR) is 169 cm³/mol. The summed E-state index contributed by atoms with van der Waals surface area (Å²) in [5, 5.41) is 25.3. The molecule has 43 heavy (non-hydrogen) atoms. The summed E-state index contributed by atoms with van der Waals surface area (Å²) in [4.78, 5) is 12.6. The fourth-order valence-corrected chi connectivity index (χ4v) is 12.6. The molecule has 0 bridgehead atoms. The number of hydrogen-bond acceptors (Lipinski definition) is 7. The first-order chi connectivity index (χ1) is 20.4. The average Bonchev–Trinajstić information content (AvgIpc) is 3.57. The number of fused-ring (bicyclic) bond motifs is 6. The molecule has 4 fully saturated rings. The van der Waals surface area contributed by atoms with E-state index in [0.29, 0.717) is 41.9 Å². The standard InChI is InChI=1S/C34H49NO6S2/c1-5-24-28-18-22(36)10-14-34(28,4)27-11-15-33(3)25(8-9-26(33)30(27)31(24)37)20(2)12-16-41-32(38)35-43(39,40)23-7-6-21-13-17-42-29(21)19-23/h6-7,13,17,19-20,22,24-28,30-31,36-37H,5,8-12,14-16,18H2,1-4H3,(H,35,38)/t20-,22-,24-,25-,26+,27+,28+,30+,31-,33-,34-/m1/s1. The van der Waals surface area contributed by atoms with E-state index >= 15 is 0 Å². The number of thiophene rings is 1. The molecule has 0 radical (unpaired) electrons. The highest BCUT2D eigenvalue weighted by molar-refractivity contribution is 7.90. The third-order valence-electron chi connectivity index (χ3n) is 12.9. The number of rotatable bonds is 7. The molecular formula is C34H49NO6S2. The topological polar surface area (TPSA) is 113 Å². The average molecular weight is 632 g/mol. The first-order valence-electron chi connectivity index (χ1n) is 16.4. The zero-order valence-electron chi connectivity index (χ0n) is 26.0. The molecule has 6 rings (SSSR count). The summed E-state index contributed by atoms with van der Waals surface area (Å²) in [6.45, 7) is 9.53. The molecule has 9 heteroatoms. The number of carbonyl (C=O) groups is 1. The lowest BCUT2D eigenvalue weighted by Gasteiger charge is -2.64. The van der Waals surface area contributed by atoms with Crippen molar-refractivity contribution in [2.24, 2.45) is 52.3 Å². The van der Waals surface area contributed by atoms with E-state index < -0.39 is 16.1 Å². The second-order valence-electron chi connectivity index (χ2n) is 14.7. The van der Waals surface area contributed by atoms with Crippen molar-refractivity contribution < 1.29 is 28.2 Å². The Bertz CT molecular complexity index is 1440. The summed E-state index contributed by atoms with van der Waals surface area (Å²) >= 11 is 1.45. The van der Waals surface area contributed by atoms with E-state index in [4.69, 9.17) is 4.74 Å². The molecule has 11 atom stereocenters. The van der Waals surface area contributed by atoms with Crippen molar-refractivity contribution in [3.05, 3.63) is 29.6 Å². The molecule has 1 aromatic carbocycles. The van der Waals surface area contributed by atoms with Crippen LogP contribution in [0.5, 0.6) is 0 Å². The lowest BCUT2D eigenvalue weighted by molar-refractivity contribution is -0.203. The maximum Gasteiger partial charge on any atom is 0.421 e. The Morgan fingerprint density at radius 2 is 1.81 bits per heavy atom. The second-order valence-corrected chi connectivity index (χ2v) is 17.4. The van der Waals surface area contributed by atoms with Crippen molar-refractivity contribution in [1.29, 1.82) is 0 Å². The van der Waals surface area contributed by atoms with E-state index in [0.717, 1.165) is 61.5 Å². The van der Waals surface area contributed by atoms with Gasteiger partial charge in [0.2, 0.25) is 0 Å². The number of amides is 1. The Labute approximate surface area is 260 Å². The van der Waals surface area contributed by atoms with Gasteiger partial charge in [0.25, 0.3) is 10.0 Å². The monoisotopic (exact) mass is 631 g/mol. The van der Waals surface area contributed by atoms with Gasteiger partial charge in [-0.15, -0.1) is 11.3 Å². The smallest absolute Gasteiger partial charge is 0.421 e. The number of sulfonamides is 1. The van der Waals surface area contributed by atoms with Crippen LogP contribution in [0.4, 0.5) is 4.79 Å². The van der Waals surface area contributed by atoms with E-state index in [2.05, 4.69) is 32.4 Å². The van der Waals surface area contributed by atoms with E-state index in [-0.39, 0.29) is 40.5 Å². The Balaban J connectivity index is 1.08. The molecule has 3 N–H and O–H groups in total. The van der Waals surface area contributed by atoms with Gasteiger partial charge in [-0.1, -0.05) is 40.2 Å². The summed E-state index contributed by atoms with van der Waals surface area (Å²) < 4.78 is 33.9. The van der Waals surface area contributed by atoms with Crippen LogP contribution in [0, 0.1) is 52.3 Å². The third-order valence-corrected chi connectivity index (χ3v) is 15.1. The minimum atomic E-state index is -4.02. The van der Waals surface area contributed by atoms with Crippen LogP contribution in [-0.4, -0.2) is 43.5 Å². The maximum atomic E-state index is 12.8. The van der Waals surface area contributed by atoms with Gasteiger partial charge in [-0.25, -0.2) is 17.9 Å². The fourth-order valence-electron chi connectivity index (χ4n) is 10.8. The van der Waals surface area contributed by atoms with Crippen LogP contribution in [0.25, 0.3) is 10.1 Å². The van der Waals surface area contributed by atoms with Crippen LogP contribution in [-0.2, 0) is 14.8 Å². The maximum absolute atomic E-state index is 12.8. The van der Waals surface area contributed by atoms with Gasteiger partial charge in [0.1, 0.15) is 0 Å². The van der Waals surface area contributed by atoms with Gasteiger partial charge < -0.3 is 14.9 Å². The SMILES string of the molecule is CC[C@H]1[C@@H](O)[C@@H]2[C@H](CC[C@]3(C)[C@@H]([C@H](C)CCOC(=O)NS(=O)(=O)c4ccc5ccsc5c4)CC[C@@H]23)[C@@]2(C)CC[C@@H](O)C[C@@H]12. The number of benzene rings is 1. The molecule has 1 heterocycles. The van der Waals surface area contributed by atoms with Gasteiger partial charge in [0, 0.05) is 4.70 Å². The van der Waals surface area contributed by atoms with Crippen molar-refractivity contribution in [3.8, 4) is 0 Å². The lowest BCUT2D eigenvalue weighted by atomic mass is 9.41. The minimum absolute atomic E-state index is 0.0492. The van der Waals surface area contributed by atoms with E-state index in [1.807, 2.05) is 11.4 Å². The van der Waals surface area contributed by atoms with E-state index in [9.17, 15) is 23.4 Å². The van der Waals surface area contributed by atoms with Crippen LogP contribution in [0.15, 0.2) is 34.5 Å². The van der Waals surface area contributed by atoms with Gasteiger partial charge >= 0.3 is 6.09 Å². The number of hydrogen-bond donors (Lipinski definition) is 3. The minimum Gasteiger partial charge on any atom is -0.449 e. The summed E-state index contributed by atoms with van der Waals surface area (Å²) in [5.74, 6) is 2.70. The Kier molecular flexibility index (Phi) is 8.44. The molecule has 7 nitrogen and oxygen atoms in total. The first kappa shape index (κ1) is 31.3. The van der Waals surface area contributed by atoms with Gasteiger partial charge in [-0.05, 0) is 133 Å². The van der Waals surface area contributed by atoms with Crippen molar-refractivity contribution in [1.82, 2.24) is 4.72 Å². The lowest BCUT2D eigenvalue weighted by Crippen LogP contribution is -2.62. The van der Waals surface area contributed by atoms with Gasteiger partial charge in [-0.2, -0.15) is 0 Å². The van der Waals surface area contributed by atoms with Crippen molar-refractivity contribution in [2.75, 3.05) is 6.61 Å². The summed E-state index contributed by atoms with van der Waals surface area (Å²) in [7, 11) is -4.02. The number of aliphatic hydroxyl groups excluding tert-OH is 2. The zero-order valence-corrected chi connectivity index (χ0v) is 27.6. The van der Waals surface area contributed by atoms with E-state index in [1.165, 1.54) is 17.4 Å². The van der Waals surface area contributed by atoms with E-state index in [1.54, 1.807) is 12.1 Å². The highest BCUT2D eigenvalue weighted by Crippen LogP contribution is 2.69. The van der Waals surface area contributed by atoms with Crippen LogP contribution < -0.4 is 4.72 Å². The van der Waals surface area contributed by atoms with Crippen LogP contribution in [0.3, 0.4) is 0 Å².